The summed E-state index contributed by atoms with van der Waals surface area (Å²) in [6.07, 6.45) is -11.5. The number of carbonyl (C=O) groups excluding carboxylic acids is 2. The van der Waals surface area contributed by atoms with E-state index in [1.807, 2.05) is 0 Å². The van der Waals surface area contributed by atoms with Crippen LogP contribution in [-0.4, -0.2) is 30.8 Å². The second-order valence-electron chi connectivity index (χ2n) is 9.78. The number of nitrogens with one attached hydrogen (secondary N) is 2. The maximum Gasteiger partial charge on any atom is 0.416 e. The number of halogens is 7. The Morgan fingerprint density at radius 3 is 2.21 bits per heavy atom. The molecular formula is C30H25ClF6N2O3. The van der Waals surface area contributed by atoms with Gasteiger partial charge in [-0.05, 0) is 54.3 Å². The van der Waals surface area contributed by atoms with Crippen molar-refractivity contribution in [2.24, 2.45) is 0 Å². The molecule has 1 unspecified atom stereocenters. The number of carbonyl (C=O) groups is 2. The van der Waals surface area contributed by atoms with E-state index in [0.29, 0.717) is 5.56 Å². The monoisotopic (exact) mass is 610 g/mol. The second-order valence-corrected chi connectivity index (χ2v) is 10.2. The highest BCUT2D eigenvalue weighted by Gasteiger charge is 2.59. The molecule has 0 bridgehead atoms. The summed E-state index contributed by atoms with van der Waals surface area (Å²) in [4.78, 5) is 26.5. The van der Waals surface area contributed by atoms with Gasteiger partial charge in [-0.1, -0.05) is 65.7 Å². The fourth-order valence-electron chi connectivity index (χ4n) is 4.56. The predicted molar refractivity (Wildman–Crippen MR) is 145 cm³/mol. The highest BCUT2D eigenvalue weighted by Crippen LogP contribution is 2.48. The van der Waals surface area contributed by atoms with Crippen LogP contribution in [0.15, 0.2) is 78.5 Å². The van der Waals surface area contributed by atoms with Gasteiger partial charge < -0.3 is 15.4 Å². The van der Waals surface area contributed by atoms with E-state index in [2.05, 4.69) is 10.6 Å². The summed E-state index contributed by atoms with van der Waals surface area (Å²) >= 11 is 6.12. The van der Waals surface area contributed by atoms with Crippen molar-refractivity contribution in [3.63, 3.8) is 0 Å². The van der Waals surface area contributed by atoms with E-state index in [-0.39, 0.29) is 46.2 Å². The zero-order valence-electron chi connectivity index (χ0n) is 22.1. The first kappa shape index (κ1) is 31.0. The van der Waals surface area contributed by atoms with E-state index in [4.69, 9.17) is 16.3 Å². The van der Waals surface area contributed by atoms with E-state index >= 15 is 0 Å². The molecule has 5 nitrogen and oxygen atoms in total. The molecule has 0 aromatic heterocycles. The second kappa shape index (κ2) is 12.1. The van der Waals surface area contributed by atoms with Crippen LogP contribution in [0.3, 0.4) is 0 Å². The molecule has 0 spiro atoms. The smallest absolute Gasteiger partial charge is 0.416 e. The summed E-state index contributed by atoms with van der Waals surface area (Å²) in [5, 5.41) is 4.62. The lowest BCUT2D eigenvalue weighted by Gasteiger charge is -2.41. The van der Waals surface area contributed by atoms with E-state index in [1.165, 1.54) is 24.3 Å². The number of hydrogen-bond donors (Lipinski definition) is 2. The van der Waals surface area contributed by atoms with Gasteiger partial charge in [-0.25, -0.2) is 0 Å². The lowest BCUT2D eigenvalue weighted by molar-refractivity contribution is -0.201. The minimum atomic E-state index is -4.99. The third-order valence-electron chi connectivity index (χ3n) is 6.76. The number of aryl methyl sites for hydroxylation is 1. The quantitative estimate of drug-likeness (QED) is 0.205. The third kappa shape index (κ3) is 6.89. The van der Waals surface area contributed by atoms with Gasteiger partial charge in [0.2, 0.25) is 0 Å². The van der Waals surface area contributed by atoms with Gasteiger partial charge in [-0.15, -0.1) is 0 Å². The number of alkyl halides is 6. The fraction of sp³-hybridized carbons (Fsp3) is 0.267. The molecule has 12 heteroatoms. The molecule has 2 N–H and O–H groups in total. The molecule has 0 aliphatic carbocycles. The first-order valence-electron chi connectivity index (χ1n) is 12.8. The Balaban J connectivity index is 1.72. The van der Waals surface area contributed by atoms with Crippen LogP contribution in [0.2, 0.25) is 5.02 Å². The van der Waals surface area contributed by atoms with Crippen molar-refractivity contribution >= 4 is 29.0 Å². The summed E-state index contributed by atoms with van der Waals surface area (Å²) in [6.45, 7) is 1.51. The average molecular weight is 611 g/mol. The molecule has 222 valence electrons. The highest BCUT2D eigenvalue weighted by molar-refractivity contribution is 6.34. The fourth-order valence-corrected chi connectivity index (χ4v) is 4.78. The van der Waals surface area contributed by atoms with Crippen LogP contribution < -0.4 is 15.4 Å². The van der Waals surface area contributed by atoms with Gasteiger partial charge in [0.25, 0.3) is 11.8 Å². The van der Waals surface area contributed by atoms with Crippen LogP contribution in [0.5, 0.6) is 5.75 Å². The van der Waals surface area contributed by atoms with Crippen molar-refractivity contribution in [2.75, 3.05) is 6.61 Å². The molecule has 2 amide bonds. The summed E-state index contributed by atoms with van der Waals surface area (Å²) in [6, 6.07) is 17.1. The minimum absolute atomic E-state index is 0.0289. The maximum absolute atomic E-state index is 14.9. The normalized spacial score (nSPS) is 17.6. The van der Waals surface area contributed by atoms with Crippen LogP contribution in [0, 0.1) is 6.92 Å². The topological polar surface area (TPSA) is 67.4 Å². The largest absolute Gasteiger partial charge is 0.494 e. The molecular weight excluding hydrogens is 586 g/mol. The van der Waals surface area contributed by atoms with Crippen LogP contribution in [0.4, 0.5) is 26.3 Å². The maximum atomic E-state index is 14.9. The molecule has 1 aliphatic heterocycles. The van der Waals surface area contributed by atoms with Gasteiger partial charge in [-0.2, -0.15) is 26.3 Å². The molecule has 0 fully saturated rings. The van der Waals surface area contributed by atoms with Crippen molar-refractivity contribution < 1.29 is 40.7 Å². The van der Waals surface area contributed by atoms with Crippen LogP contribution >= 0.6 is 11.6 Å². The Bertz CT molecular complexity index is 1480. The third-order valence-corrected chi connectivity index (χ3v) is 7.09. The first-order chi connectivity index (χ1) is 19.7. The lowest BCUT2D eigenvalue weighted by Crippen LogP contribution is -2.60. The SMILES string of the molecule is Cc1ccc(C2=C(NC(=O)c3ccccc3Cl)C(=O)NC(c3ccc(OCCCC(F)(F)F)cc3)(C(F)(F)F)C2)cc1. The van der Waals surface area contributed by atoms with Crippen molar-refractivity contribution in [3.05, 3.63) is 106 Å². The number of ether oxygens (including phenoxy) is 1. The zero-order chi connectivity index (χ0) is 30.7. The molecule has 3 aromatic rings. The standard InChI is InChI=1S/C30H25ClF6N2O3/c1-18-7-9-19(10-8-18)23-17-28(30(35,36)37,20-11-13-21(14-12-20)42-16-4-15-29(32,33)34)39-27(41)25(23)38-26(40)22-5-2-3-6-24(22)31/h2-3,5-14H,4,15-17H2,1H3,(H,38,40)(H,39,41). The first-order valence-corrected chi connectivity index (χ1v) is 13.1. The van der Waals surface area contributed by atoms with Gasteiger partial charge in [0.1, 0.15) is 11.4 Å². The summed E-state index contributed by atoms with van der Waals surface area (Å²) in [5.41, 5.74) is -2.47. The highest BCUT2D eigenvalue weighted by atomic mass is 35.5. The molecule has 3 aromatic carbocycles. The molecule has 1 atom stereocenters. The van der Waals surface area contributed by atoms with Gasteiger partial charge in [0.05, 0.1) is 17.2 Å². The van der Waals surface area contributed by atoms with Gasteiger partial charge in [0, 0.05) is 12.8 Å². The molecule has 1 aliphatic rings. The molecule has 1 heterocycles. The summed E-state index contributed by atoms with van der Waals surface area (Å²) < 4.78 is 87.1. The molecule has 0 saturated carbocycles. The Morgan fingerprint density at radius 2 is 1.62 bits per heavy atom. The number of amides is 2. The minimum Gasteiger partial charge on any atom is -0.494 e. The van der Waals surface area contributed by atoms with Crippen molar-refractivity contribution in [2.45, 2.75) is 44.1 Å². The van der Waals surface area contributed by atoms with E-state index < -0.39 is 42.5 Å². The molecule has 0 radical (unpaired) electrons. The van der Waals surface area contributed by atoms with Crippen LogP contribution in [-0.2, 0) is 10.3 Å². The molecule has 4 rings (SSSR count). The van der Waals surface area contributed by atoms with Crippen molar-refractivity contribution in [3.8, 4) is 5.75 Å². The lowest BCUT2D eigenvalue weighted by atomic mass is 9.77. The van der Waals surface area contributed by atoms with Crippen LogP contribution in [0.25, 0.3) is 5.57 Å². The van der Waals surface area contributed by atoms with Crippen molar-refractivity contribution in [1.82, 2.24) is 10.6 Å². The summed E-state index contributed by atoms with van der Waals surface area (Å²) in [5.74, 6) is -1.87. The van der Waals surface area contributed by atoms with Gasteiger partial charge in [0.15, 0.2) is 5.54 Å². The number of rotatable bonds is 8. The molecule has 0 saturated heterocycles. The predicted octanol–water partition coefficient (Wildman–Crippen LogP) is 7.49. The van der Waals surface area contributed by atoms with Gasteiger partial charge in [-0.3, -0.25) is 9.59 Å². The van der Waals surface area contributed by atoms with Crippen molar-refractivity contribution in [1.29, 1.82) is 0 Å². The van der Waals surface area contributed by atoms with E-state index in [0.717, 1.165) is 17.7 Å². The Labute approximate surface area is 242 Å². The Hall–Kier alpha value is -3.99. The van der Waals surface area contributed by atoms with E-state index in [1.54, 1.807) is 43.3 Å². The molecule has 42 heavy (non-hydrogen) atoms. The number of hydrogen-bond acceptors (Lipinski definition) is 3. The Kier molecular flexibility index (Phi) is 8.91. The van der Waals surface area contributed by atoms with Gasteiger partial charge >= 0.3 is 12.4 Å². The van der Waals surface area contributed by atoms with E-state index in [9.17, 15) is 35.9 Å². The summed E-state index contributed by atoms with van der Waals surface area (Å²) in [7, 11) is 0. The van der Waals surface area contributed by atoms with Crippen LogP contribution in [0.1, 0.15) is 46.3 Å². The number of benzene rings is 3. The average Bonchev–Trinajstić information content (AvgIpc) is 2.92. The zero-order valence-corrected chi connectivity index (χ0v) is 22.9. The Morgan fingerprint density at radius 1 is 0.976 bits per heavy atom.